The first-order valence-electron chi connectivity index (χ1n) is 12.3. The molecule has 3 aliphatic heterocycles. The molecule has 0 unspecified atom stereocenters. The predicted molar refractivity (Wildman–Crippen MR) is 144 cm³/mol. The fraction of sp³-hybridized carbons (Fsp3) is 0.370. The number of nitrogens with zero attached hydrogens (tertiary/aromatic N) is 4. The molecule has 0 bridgehead atoms. The van der Waals surface area contributed by atoms with E-state index in [1.54, 1.807) is 21.2 Å². The van der Waals surface area contributed by atoms with Crippen LogP contribution in [-0.2, 0) is 16.1 Å². The van der Waals surface area contributed by atoms with Crippen LogP contribution in [0.2, 0.25) is 5.02 Å². The SMILES string of the molecule is C=CC(=O)N1CCN(c2nc(=O)n3c4c(c(-c5cc(Cl)c(F)cc5F)c(C)cc24)SCC2(COC2)C3)CC1. The number of thioether (sulfide) groups is 1. The van der Waals surface area contributed by atoms with Crippen molar-refractivity contribution in [3.63, 3.8) is 0 Å². The lowest BCUT2D eigenvalue weighted by Crippen LogP contribution is -2.50. The Balaban J connectivity index is 1.57. The third-order valence-electron chi connectivity index (χ3n) is 7.57. The van der Waals surface area contributed by atoms with Gasteiger partial charge in [-0.2, -0.15) is 4.98 Å². The Morgan fingerprint density at radius 2 is 1.92 bits per heavy atom. The zero-order chi connectivity index (χ0) is 26.8. The molecule has 198 valence electrons. The molecule has 2 fully saturated rings. The molecule has 6 rings (SSSR count). The molecule has 4 heterocycles. The van der Waals surface area contributed by atoms with Crippen molar-refractivity contribution in [1.82, 2.24) is 14.5 Å². The first-order valence-corrected chi connectivity index (χ1v) is 13.7. The lowest BCUT2D eigenvalue weighted by molar-refractivity contribution is -0.126. The lowest BCUT2D eigenvalue weighted by Gasteiger charge is -2.40. The largest absolute Gasteiger partial charge is 0.380 e. The van der Waals surface area contributed by atoms with Gasteiger partial charge in [-0.1, -0.05) is 18.2 Å². The summed E-state index contributed by atoms with van der Waals surface area (Å²) >= 11 is 7.64. The molecule has 1 amide bonds. The van der Waals surface area contributed by atoms with Crippen LogP contribution in [0.25, 0.3) is 22.0 Å². The molecule has 7 nitrogen and oxygen atoms in total. The summed E-state index contributed by atoms with van der Waals surface area (Å²) in [5.41, 5.74) is 1.60. The van der Waals surface area contributed by atoms with Gasteiger partial charge in [-0.25, -0.2) is 13.6 Å². The molecule has 2 saturated heterocycles. The van der Waals surface area contributed by atoms with Crippen molar-refractivity contribution >= 4 is 46.0 Å². The fourth-order valence-electron chi connectivity index (χ4n) is 5.54. The van der Waals surface area contributed by atoms with E-state index >= 15 is 4.39 Å². The molecular weight excluding hydrogens is 534 g/mol. The molecule has 0 N–H and O–H groups in total. The molecule has 0 aliphatic carbocycles. The minimum Gasteiger partial charge on any atom is -0.380 e. The van der Waals surface area contributed by atoms with Crippen molar-refractivity contribution in [3.05, 3.63) is 63.6 Å². The number of amides is 1. The smallest absolute Gasteiger partial charge is 0.350 e. The van der Waals surface area contributed by atoms with Crippen LogP contribution in [0.3, 0.4) is 0 Å². The Kier molecular flexibility index (Phi) is 6.24. The zero-order valence-corrected chi connectivity index (χ0v) is 22.3. The highest BCUT2D eigenvalue weighted by atomic mass is 35.5. The topological polar surface area (TPSA) is 67.7 Å². The Labute approximate surface area is 227 Å². The summed E-state index contributed by atoms with van der Waals surface area (Å²) in [5, 5.41) is 0.609. The third-order valence-corrected chi connectivity index (χ3v) is 9.31. The van der Waals surface area contributed by atoms with Crippen molar-refractivity contribution in [2.45, 2.75) is 18.4 Å². The van der Waals surface area contributed by atoms with Gasteiger partial charge in [0.05, 0.1) is 23.8 Å². The molecule has 3 aromatic rings. The van der Waals surface area contributed by atoms with Crippen molar-refractivity contribution < 1.29 is 18.3 Å². The minimum atomic E-state index is -0.826. The maximum Gasteiger partial charge on any atom is 0.350 e. The van der Waals surface area contributed by atoms with Crippen LogP contribution in [0.4, 0.5) is 14.6 Å². The van der Waals surface area contributed by atoms with Crippen LogP contribution in [0.1, 0.15) is 5.56 Å². The van der Waals surface area contributed by atoms with Crippen molar-refractivity contribution in [1.29, 1.82) is 0 Å². The van der Waals surface area contributed by atoms with E-state index in [2.05, 4.69) is 11.6 Å². The minimum absolute atomic E-state index is 0.129. The number of hydrogen-bond donors (Lipinski definition) is 0. The number of hydrogen-bond acceptors (Lipinski definition) is 6. The summed E-state index contributed by atoms with van der Waals surface area (Å²) in [6.45, 7) is 8.90. The Morgan fingerprint density at radius 3 is 2.58 bits per heavy atom. The average Bonchev–Trinajstić information content (AvgIpc) is 3.07. The molecular formula is C27H25ClF2N4O3S. The van der Waals surface area contributed by atoms with Crippen LogP contribution < -0.4 is 10.6 Å². The van der Waals surface area contributed by atoms with Crippen molar-refractivity contribution in [2.24, 2.45) is 5.41 Å². The number of anilines is 1. The third kappa shape index (κ3) is 4.01. The van der Waals surface area contributed by atoms with Gasteiger partial charge in [0.25, 0.3) is 0 Å². The van der Waals surface area contributed by atoms with Gasteiger partial charge in [0.2, 0.25) is 5.91 Å². The molecule has 11 heteroatoms. The molecule has 0 atom stereocenters. The number of piperazine rings is 1. The summed E-state index contributed by atoms with van der Waals surface area (Å²) < 4.78 is 36.4. The highest BCUT2D eigenvalue weighted by molar-refractivity contribution is 7.99. The van der Waals surface area contributed by atoms with Gasteiger partial charge in [0, 0.05) is 71.4 Å². The maximum atomic E-state index is 15.2. The standard InChI is InChI=1S/C27H25ClF2N4O3S/c1-3-21(35)32-4-6-33(7-5-32)25-17-8-15(2)22(16-9-18(28)20(30)10-19(16)29)24-23(17)34(26(36)31-25)11-27(14-38-24)12-37-13-27/h3,8-10H,1,4-7,11-14H2,2H3. The summed E-state index contributed by atoms with van der Waals surface area (Å²) in [7, 11) is 0. The molecule has 3 aliphatic rings. The number of aryl methyl sites for hydroxylation is 1. The summed E-state index contributed by atoms with van der Waals surface area (Å²) in [5.74, 6) is -0.456. The van der Waals surface area contributed by atoms with E-state index in [1.807, 2.05) is 17.9 Å². The number of ether oxygens (including phenoxy) is 1. The van der Waals surface area contributed by atoms with Gasteiger partial charge >= 0.3 is 5.69 Å². The number of halogens is 3. The maximum absolute atomic E-state index is 15.2. The number of rotatable bonds is 3. The number of aromatic nitrogens is 2. The van der Waals surface area contributed by atoms with Crippen molar-refractivity contribution in [2.75, 3.05) is 50.0 Å². The van der Waals surface area contributed by atoms with Crippen molar-refractivity contribution in [3.8, 4) is 11.1 Å². The van der Waals surface area contributed by atoms with E-state index in [0.717, 1.165) is 21.9 Å². The Hall–Kier alpha value is -2.95. The quantitative estimate of drug-likeness (QED) is 0.353. The zero-order valence-electron chi connectivity index (χ0n) is 20.7. The van der Waals surface area contributed by atoms with E-state index in [-0.39, 0.29) is 27.6 Å². The Bertz CT molecular complexity index is 1560. The van der Waals surface area contributed by atoms with Crippen LogP contribution in [0.15, 0.2) is 40.5 Å². The lowest BCUT2D eigenvalue weighted by atomic mass is 9.88. The van der Waals surface area contributed by atoms with Gasteiger partial charge in [-0.3, -0.25) is 9.36 Å². The number of carbonyl (C=O) groups excluding carboxylic acids is 1. The van der Waals surface area contributed by atoms with Crippen LogP contribution in [0, 0.1) is 24.0 Å². The van der Waals surface area contributed by atoms with E-state index in [0.29, 0.717) is 68.6 Å². The second kappa shape index (κ2) is 9.36. The fourth-order valence-corrected chi connectivity index (χ4v) is 7.18. The van der Waals surface area contributed by atoms with Crippen LogP contribution in [-0.4, -0.2) is 65.5 Å². The monoisotopic (exact) mass is 558 g/mol. The number of carbonyl (C=O) groups is 1. The van der Waals surface area contributed by atoms with Gasteiger partial charge < -0.3 is 14.5 Å². The highest BCUT2D eigenvalue weighted by Gasteiger charge is 2.42. The molecule has 2 aromatic carbocycles. The normalized spacial score (nSPS) is 18.4. The first-order chi connectivity index (χ1) is 18.2. The molecule has 1 spiro atoms. The second-order valence-electron chi connectivity index (χ2n) is 10.1. The summed E-state index contributed by atoms with van der Waals surface area (Å²) in [6.07, 6.45) is 1.30. The average molecular weight is 559 g/mol. The van der Waals surface area contributed by atoms with E-state index in [4.69, 9.17) is 16.3 Å². The van der Waals surface area contributed by atoms with E-state index in [9.17, 15) is 14.0 Å². The molecule has 38 heavy (non-hydrogen) atoms. The predicted octanol–water partition coefficient (Wildman–Crippen LogP) is 4.26. The molecule has 0 radical (unpaired) electrons. The van der Waals surface area contributed by atoms with Gasteiger partial charge in [-0.15, -0.1) is 11.8 Å². The number of benzene rings is 2. The van der Waals surface area contributed by atoms with E-state index < -0.39 is 11.6 Å². The molecule has 1 aromatic heterocycles. The van der Waals surface area contributed by atoms with Crippen LogP contribution in [0.5, 0.6) is 0 Å². The van der Waals surface area contributed by atoms with Gasteiger partial charge in [-0.05, 0) is 30.7 Å². The highest BCUT2D eigenvalue weighted by Crippen LogP contribution is 2.48. The van der Waals surface area contributed by atoms with Gasteiger partial charge in [0.1, 0.15) is 17.5 Å². The van der Waals surface area contributed by atoms with Gasteiger partial charge in [0.15, 0.2) is 0 Å². The summed E-state index contributed by atoms with van der Waals surface area (Å²) in [6, 6.07) is 4.02. The molecule has 0 saturated carbocycles. The van der Waals surface area contributed by atoms with E-state index in [1.165, 1.54) is 12.1 Å². The van der Waals surface area contributed by atoms with Crippen LogP contribution >= 0.6 is 23.4 Å². The first kappa shape index (κ1) is 25.3. The summed E-state index contributed by atoms with van der Waals surface area (Å²) in [4.78, 5) is 34.6. The second-order valence-corrected chi connectivity index (χ2v) is 11.5. The Morgan fingerprint density at radius 1 is 1.18 bits per heavy atom.